The lowest BCUT2D eigenvalue weighted by atomic mass is 10.0. The van der Waals surface area contributed by atoms with Gasteiger partial charge in [0.2, 0.25) is 11.2 Å². The maximum absolute atomic E-state index is 12.9. The van der Waals surface area contributed by atoms with Crippen LogP contribution in [0.1, 0.15) is 19.9 Å². The number of phenols is 3. The second kappa shape index (κ2) is 5.93. The minimum Gasteiger partial charge on any atom is -0.504 e. The zero-order valence-corrected chi connectivity index (χ0v) is 16.0. The largest absolute Gasteiger partial charge is 0.504 e. The van der Waals surface area contributed by atoms with Gasteiger partial charge in [-0.05, 0) is 43.7 Å². The normalized spacial score (nSPS) is 12.0. The zero-order chi connectivity index (χ0) is 21.3. The molecule has 0 aliphatic carbocycles. The van der Waals surface area contributed by atoms with Crippen molar-refractivity contribution in [1.29, 1.82) is 0 Å². The van der Waals surface area contributed by atoms with Crippen molar-refractivity contribution in [3.63, 3.8) is 0 Å². The highest BCUT2D eigenvalue weighted by Gasteiger charge is 2.24. The van der Waals surface area contributed by atoms with Crippen LogP contribution in [0.15, 0.2) is 44.3 Å². The summed E-state index contributed by atoms with van der Waals surface area (Å²) in [4.78, 5) is 28.0. The summed E-state index contributed by atoms with van der Waals surface area (Å²) < 4.78 is 7.53. The summed E-state index contributed by atoms with van der Waals surface area (Å²) >= 11 is 0. The van der Waals surface area contributed by atoms with Gasteiger partial charge in [-0.15, -0.1) is 0 Å². The number of H-pyrrole nitrogens is 2. The number of phenolic OH excluding ortho intramolecular Hbond substituents is 3. The Morgan fingerprint density at radius 1 is 1.00 bits per heavy atom. The third kappa shape index (κ3) is 2.29. The molecule has 0 saturated carbocycles. The number of pyridine rings is 1. The number of nitrogens with one attached hydrogen (secondary N) is 2. The Hall–Kier alpha value is -4.14. The van der Waals surface area contributed by atoms with E-state index < -0.39 is 11.2 Å². The summed E-state index contributed by atoms with van der Waals surface area (Å²) in [6, 6.07) is 6.87. The molecule has 3 aromatic heterocycles. The molecule has 3 heterocycles. The van der Waals surface area contributed by atoms with Gasteiger partial charge in [-0.1, -0.05) is 6.07 Å². The molecule has 0 fully saturated rings. The Labute approximate surface area is 167 Å². The molecule has 2 aromatic carbocycles. The van der Waals surface area contributed by atoms with Gasteiger partial charge in [0.15, 0.2) is 22.7 Å². The molecule has 5 aromatic rings. The van der Waals surface area contributed by atoms with Crippen LogP contribution in [0.25, 0.3) is 44.2 Å². The number of rotatable bonds is 2. The quantitative estimate of drug-likeness (QED) is 0.284. The van der Waals surface area contributed by atoms with Crippen LogP contribution in [0.5, 0.6) is 17.2 Å². The lowest BCUT2D eigenvalue weighted by Crippen LogP contribution is -2.07. The molecule has 30 heavy (non-hydrogen) atoms. The minimum atomic E-state index is -0.584. The number of hydrogen-bond donors (Lipinski definition) is 5. The summed E-state index contributed by atoms with van der Waals surface area (Å²) in [7, 11) is 0. The van der Waals surface area contributed by atoms with Gasteiger partial charge in [0.25, 0.3) is 5.56 Å². The molecule has 9 heteroatoms. The highest BCUT2D eigenvalue weighted by atomic mass is 16.4. The molecule has 0 aliphatic rings. The lowest BCUT2D eigenvalue weighted by Gasteiger charge is -2.10. The Morgan fingerprint density at radius 3 is 2.47 bits per heavy atom. The van der Waals surface area contributed by atoms with Crippen molar-refractivity contribution in [3.8, 4) is 28.4 Å². The number of aromatic nitrogens is 3. The molecule has 5 N–H and O–H groups in total. The maximum atomic E-state index is 12.9. The Bertz CT molecular complexity index is 1600. The van der Waals surface area contributed by atoms with Gasteiger partial charge in [0.1, 0.15) is 5.65 Å². The van der Waals surface area contributed by atoms with Crippen LogP contribution in [-0.2, 0) is 0 Å². The summed E-state index contributed by atoms with van der Waals surface area (Å²) in [6.07, 6.45) is 0. The molecule has 0 aliphatic heterocycles. The summed E-state index contributed by atoms with van der Waals surface area (Å²) in [6.45, 7) is 3.81. The SMILES string of the molecule is CC(C)n1[nH]c(=O)c2c(-c3ccc(O)c(O)c3)c3oc4c(O)c(=O)ccc4c3[nH]c21. The molecule has 0 saturated heterocycles. The topological polar surface area (TPSA) is 144 Å². The second-order valence-electron chi connectivity index (χ2n) is 7.43. The van der Waals surface area contributed by atoms with E-state index >= 15 is 0 Å². The fourth-order valence-corrected chi connectivity index (χ4v) is 3.81. The van der Waals surface area contributed by atoms with E-state index in [2.05, 4.69) is 10.1 Å². The van der Waals surface area contributed by atoms with E-state index in [1.165, 1.54) is 24.3 Å². The van der Waals surface area contributed by atoms with Crippen molar-refractivity contribution in [2.75, 3.05) is 0 Å². The van der Waals surface area contributed by atoms with Crippen molar-refractivity contribution >= 4 is 33.1 Å². The van der Waals surface area contributed by atoms with Crippen LogP contribution < -0.4 is 11.0 Å². The summed E-state index contributed by atoms with van der Waals surface area (Å²) in [5.74, 6) is -1.19. The molecule has 0 atom stereocenters. The van der Waals surface area contributed by atoms with Crippen molar-refractivity contribution in [3.05, 3.63) is 50.9 Å². The molecule has 0 radical (unpaired) electrons. The van der Waals surface area contributed by atoms with Gasteiger partial charge in [-0.2, -0.15) is 0 Å². The predicted octanol–water partition coefficient (Wildman–Crippen LogP) is 3.28. The molecule has 0 spiro atoms. The zero-order valence-electron chi connectivity index (χ0n) is 16.0. The molecule has 0 unspecified atom stereocenters. The van der Waals surface area contributed by atoms with Crippen molar-refractivity contribution in [2.24, 2.45) is 0 Å². The van der Waals surface area contributed by atoms with E-state index in [0.717, 1.165) is 0 Å². The number of furan rings is 1. The van der Waals surface area contributed by atoms with E-state index in [0.29, 0.717) is 27.7 Å². The van der Waals surface area contributed by atoms with Crippen molar-refractivity contribution in [2.45, 2.75) is 19.9 Å². The molecular formula is C21H17N3O6. The van der Waals surface area contributed by atoms with Crippen molar-refractivity contribution in [1.82, 2.24) is 14.8 Å². The fourth-order valence-electron chi connectivity index (χ4n) is 3.81. The highest BCUT2D eigenvalue weighted by Crippen LogP contribution is 2.41. The summed E-state index contributed by atoms with van der Waals surface area (Å²) in [5.41, 5.74) is 1.00. The maximum Gasteiger partial charge on any atom is 0.274 e. The molecule has 5 rings (SSSR count). The second-order valence-corrected chi connectivity index (χ2v) is 7.43. The number of fused-ring (bicyclic) bond motifs is 4. The van der Waals surface area contributed by atoms with Gasteiger partial charge in [-0.25, -0.2) is 0 Å². The molecule has 152 valence electrons. The van der Waals surface area contributed by atoms with E-state index in [1.54, 1.807) is 10.7 Å². The standard InChI is InChI=1S/C21H17N3O6/c1-8(2)24-20-15(21(29)23-24)14(9-3-5-11(25)13(27)7-9)19-16(22-20)10-4-6-12(26)17(28)18(10)30-19/h3-8,22,25,27-28H,1-2H3,(H,23,29). The van der Waals surface area contributed by atoms with Gasteiger partial charge >= 0.3 is 0 Å². The van der Waals surface area contributed by atoms with E-state index in [9.17, 15) is 24.9 Å². The first-order valence-electron chi connectivity index (χ1n) is 9.25. The van der Waals surface area contributed by atoms with Crippen LogP contribution >= 0.6 is 0 Å². The number of aromatic amines is 2. The third-order valence-corrected chi connectivity index (χ3v) is 5.22. The number of nitrogens with zero attached hydrogens (tertiary/aromatic N) is 1. The third-order valence-electron chi connectivity index (χ3n) is 5.22. The number of aromatic hydroxyl groups is 3. The molecule has 9 nitrogen and oxygen atoms in total. The Morgan fingerprint density at radius 2 is 1.77 bits per heavy atom. The van der Waals surface area contributed by atoms with Gasteiger partial charge in [0, 0.05) is 17.0 Å². The average Bonchev–Trinajstić information content (AvgIpc) is 3.24. The van der Waals surface area contributed by atoms with Crippen LogP contribution in [0.3, 0.4) is 0 Å². The smallest absolute Gasteiger partial charge is 0.274 e. The first kappa shape index (κ1) is 17.9. The monoisotopic (exact) mass is 407 g/mol. The molecular weight excluding hydrogens is 390 g/mol. The average molecular weight is 407 g/mol. The first-order chi connectivity index (χ1) is 14.3. The predicted molar refractivity (Wildman–Crippen MR) is 111 cm³/mol. The van der Waals surface area contributed by atoms with Crippen LogP contribution in [0.2, 0.25) is 0 Å². The van der Waals surface area contributed by atoms with Gasteiger partial charge in [-0.3, -0.25) is 19.4 Å². The molecule has 0 amide bonds. The van der Waals surface area contributed by atoms with Crippen molar-refractivity contribution < 1.29 is 19.7 Å². The number of hydrogen-bond acceptors (Lipinski definition) is 6. The highest BCUT2D eigenvalue weighted by molar-refractivity contribution is 6.15. The Balaban J connectivity index is 2.07. The Kier molecular flexibility index (Phi) is 3.54. The fraction of sp³-hybridized carbons (Fsp3) is 0.143. The number of benzene rings is 2. The minimum absolute atomic E-state index is 0.00169. The summed E-state index contributed by atoms with van der Waals surface area (Å²) in [5, 5.41) is 33.5. The van der Waals surface area contributed by atoms with Gasteiger partial charge in [0.05, 0.1) is 10.9 Å². The van der Waals surface area contributed by atoms with Crippen LogP contribution in [0, 0.1) is 0 Å². The lowest BCUT2D eigenvalue weighted by molar-refractivity contribution is 0.404. The molecule has 0 bridgehead atoms. The van der Waals surface area contributed by atoms with Crippen LogP contribution in [-0.4, -0.2) is 30.1 Å². The van der Waals surface area contributed by atoms with Crippen LogP contribution in [0.4, 0.5) is 0 Å². The van der Waals surface area contributed by atoms with E-state index in [1.807, 2.05) is 13.8 Å². The first-order valence-corrected chi connectivity index (χ1v) is 9.25. The van der Waals surface area contributed by atoms with Gasteiger partial charge < -0.3 is 24.7 Å². The van der Waals surface area contributed by atoms with E-state index in [-0.39, 0.29) is 39.7 Å². The van der Waals surface area contributed by atoms with E-state index in [4.69, 9.17) is 4.42 Å².